The minimum absolute atomic E-state index is 0.0453. The molecular weight excluding hydrogens is 394 g/mol. The van der Waals surface area contributed by atoms with Gasteiger partial charge in [0.1, 0.15) is 17.4 Å². The SMILES string of the molecule is CC(C(=O)N(C)Cc1ccncc1)N1CCC2(CCC1=O)CC(=O)c1ccccc1O2. The number of benzene rings is 1. The smallest absolute Gasteiger partial charge is 0.245 e. The predicted octanol–water partition coefficient (Wildman–Crippen LogP) is 2.85. The van der Waals surface area contributed by atoms with Crippen molar-refractivity contribution in [2.24, 2.45) is 0 Å². The van der Waals surface area contributed by atoms with Crippen LogP contribution in [0.1, 0.15) is 48.5 Å². The number of rotatable bonds is 4. The number of hydrogen-bond donors (Lipinski definition) is 0. The van der Waals surface area contributed by atoms with Gasteiger partial charge in [0.25, 0.3) is 0 Å². The van der Waals surface area contributed by atoms with Gasteiger partial charge < -0.3 is 14.5 Å². The van der Waals surface area contributed by atoms with E-state index in [1.165, 1.54) is 0 Å². The van der Waals surface area contributed by atoms with Gasteiger partial charge in [0.2, 0.25) is 11.8 Å². The van der Waals surface area contributed by atoms with Crippen molar-refractivity contribution in [3.05, 3.63) is 59.9 Å². The van der Waals surface area contributed by atoms with Gasteiger partial charge in [0.15, 0.2) is 5.78 Å². The number of aromatic nitrogens is 1. The summed E-state index contributed by atoms with van der Waals surface area (Å²) in [6, 6.07) is 10.4. The lowest BCUT2D eigenvalue weighted by atomic mass is 9.84. The van der Waals surface area contributed by atoms with Crippen LogP contribution < -0.4 is 4.74 Å². The zero-order valence-electron chi connectivity index (χ0n) is 17.9. The number of nitrogens with zero attached hydrogens (tertiary/aromatic N) is 3. The lowest BCUT2D eigenvalue weighted by molar-refractivity contribution is -0.144. The first-order chi connectivity index (χ1) is 14.9. The number of fused-ring (bicyclic) bond motifs is 1. The lowest BCUT2D eigenvalue weighted by Gasteiger charge is -2.37. The summed E-state index contributed by atoms with van der Waals surface area (Å²) >= 11 is 0. The Kier molecular flexibility index (Phi) is 5.76. The molecule has 4 rings (SSSR count). The third-order valence-electron chi connectivity index (χ3n) is 6.29. The average Bonchev–Trinajstić information content (AvgIpc) is 2.92. The topological polar surface area (TPSA) is 79.8 Å². The largest absolute Gasteiger partial charge is 0.486 e. The zero-order valence-corrected chi connectivity index (χ0v) is 17.9. The van der Waals surface area contributed by atoms with Gasteiger partial charge in [-0.05, 0) is 43.2 Å². The van der Waals surface area contributed by atoms with Crippen molar-refractivity contribution in [2.75, 3.05) is 13.6 Å². The van der Waals surface area contributed by atoms with E-state index in [-0.39, 0.29) is 30.4 Å². The van der Waals surface area contributed by atoms with E-state index in [0.717, 1.165) is 5.56 Å². The number of hydrogen-bond acceptors (Lipinski definition) is 5. The Morgan fingerprint density at radius 1 is 1.19 bits per heavy atom. The van der Waals surface area contributed by atoms with Crippen LogP contribution >= 0.6 is 0 Å². The fourth-order valence-electron chi connectivity index (χ4n) is 4.48. The molecule has 2 atom stereocenters. The monoisotopic (exact) mass is 421 g/mol. The molecular formula is C24H27N3O4. The standard InChI is InChI=1S/C24H27N3O4/c1-17(23(30)26(2)16-18-8-12-25-13-9-18)27-14-11-24(10-7-22(27)29)15-20(28)19-5-3-4-6-21(19)31-24/h3-6,8-9,12-13,17H,7,10-11,14-16H2,1-2H3. The van der Waals surface area contributed by atoms with Crippen molar-refractivity contribution in [2.45, 2.75) is 50.8 Å². The third kappa shape index (κ3) is 4.31. The molecule has 31 heavy (non-hydrogen) atoms. The summed E-state index contributed by atoms with van der Waals surface area (Å²) in [5.41, 5.74) is 0.885. The number of likely N-dealkylation sites (tertiary alicyclic amines) is 1. The fraction of sp³-hybridized carbons (Fsp3) is 0.417. The van der Waals surface area contributed by atoms with Crippen LogP contribution in [0, 0.1) is 0 Å². The van der Waals surface area contributed by atoms with E-state index >= 15 is 0 Å². The van der Waals surface area contributed by atoms with Crippen LogP contribution in [0.25, 0.3) is 0 Å². The van der Waals surface area contributed by atoms with Gasteiger partial charge in [-0.15, -0.1) is 0 Å². The first-order valence-corrected chi connectivity index (χ1v) is 10.6. The van der Waals surface area contributed by atoms with E-state index in [9.17, 15) is 14.4 Å². The molecule has 0 bridgehead atoms. The molecule has 2 aliphatic rings. The Bertz CT molecular complexity index is 993. The van der Waals surface area contributed by atoms with Crippen molar-refractivity contribution in [1.29, 1.82) is 0 Å². The van der Waals surface area contributed by atoms with Gasteiger partial charge in [0.05, 0.1) is 12.0 Å². The Hall–Kier alpha value is -3.22. The van der Waals surface area contributed by atoms with Crippen LogP contribution in [0.15, 0.2) is 48.8 Å². The van der Waals surface area contributed by atoms with E-state index in [0.29, 0.717) is 37.2 Å². The fourth-order valence-corrected chi connectivity index (χ4v) is 4.48. The molecule has 0 aliphatic carbocycles. The summed E-state index contributed by atoms with van der Waals surface area (Å²) in [4.78, 5) is 45.9. The second-order valence-electron chi connectivity index (χ2n) is 8.44. The molecule has 1 fully saturated rings. The quantitative estimate of drug-likeness (QED) is 0.758. The highest BCUT2D eigenvalue weighted by Gasteiger charge is 2.44. The van der Waals surface area contributed by atoms with Crippen molar-refractivity contribution in [1.82, 2.24) is 14.8 Å². The minimum atomic E-state index is -0.693. The van der Waals surface area contributed by atoms with Crippen LogP contribution in [-0.2, 0) is 16.1 Å². The molecule has 2 aromatic rings. The minimum Gasteiger partial charge on any atom is -0.486 e. The average molecular weight is 421 g/mol. The Labute approximate surface area is 182 Å². The summed E-state index contributed by atoms with van der Waals surface area (Å²) < 4.78 is 6.27. The van der Waals surface area contributed by atoms with E-state index in [1.54, 1.807) is 48.3 Å². The van der Waals surface area contributed by atoms with Gasteiger partial charge in [-0.3, -0.25) is 19.4 Å². The number of pyridine rings is 1. The molecule has 1 aromatic carbocycles. The Balaban J connectivity index is 1.45. The third-order valence-corrected chi connectivity index (χ3v) is 6.29. The van der Waals surface area contributed by atoms with Gasteiger partial charge >= 0.3 is 0 Å². The molecule has 0 N–H and O–H groups in total. The summed E-state index contributed by atoms with van der Waals surface area (Å²) in [6.45, 7) is 2.60. The summed E-state index contributed by atoms with van der Waals surface area (Å²) in [7, 11) is 1.74. The van der Waals surface area contributed by atoms with E-state index in [2.05, 4.69) is 4.98 Å². The highest BCUT2D eigenvalue weighted by molar-refractivity contribution is 6.00. The molecule has 0 saturated carbocycles. The molecule has 1 aromatic heterocycles. The van der Waals surface area contributed by atoms with Gasteiger partial charge in [-0.1, -0.05) is 12.1 Å². The molecule has 2 amide bonds. The van der Waals surface area contributed by atoms with E-state index in [4.69, 9.17) is 4.74 Å². The highest BCUT2D eigenvalue weighted by atomic mass is 16.5. The normalized spacial score (nSPS) is 21.8. The van der Waals surface area contributed by atoms with E-state index < -0.39 is 11.6 Å². The molecule has 7 nitrogen and oxygen atoms in total. The van der Waals surface area contributed by atoms with E-state index in [1.807, 2.05) is 24.3 Å². The maximum atomic E-state index is 13.0. The number of ether oxygens (including phenoxy) is 1. The second kappa shape index (κ2) is 8.49. The number of ketones is 1. The van der Waals surface area contributed by atoms with Crippen molar-refractivity contribution < 1.29 is 19.1 Å². The van der Waals surface area contributed by atoms with Crippen LogP contribution in [0.2, 0.25) is 0 Å². The number of amides is 2. The maximum Gasteiger partial charge on any atom is 0.245 e. The van der Waals surface area contributed by atoms with Crippen LogP contribution in [-0.4, -0.2) is 57.6 Å². The molecule has 2 unspecified atom stereocenters. The van der Waals surface area contributed by atoms with Crippen LogP contribution in [0.3, 0.4) is 0 Å². The van der Waals surface area contributed by atoms with Gasteiger partial charge in [0, 0.05) is 45.4 Å². The molecule has 3 heterocycles. The maximum absolute atomic E-state index is 13.0. The summed E-state index contributed by atoms with van der Waals surface area (Å²) in [5, 5.41) is 0. The van der Waals surface area contributed by atoms with Crippen molar-refractivity contribution in [3.8, 4) is 5.75 Å². The number of para-hydroxylation sites is 1. The zero-order chi connectivity index (χ0) is 22.0. The molecule has 1 spiro atoms. The van der Waals surface area contributed by atoms with Crippen LogP contribution in [0.4, 0.5) is 0 Å². The number of carbonyl (C=O) groups excluding carboxylic acids is 3. The first kappa shape index (κ1) is 21.0. The van der Waals surface area contributed by atoms with Crippen LogP contribution in [0.5, 0.6) is 5.75 Å². The molecule has 0 radical (unpaired) electrons. The number of carbonyl (C=O) groups is 3. The van der Waals surface area contributed by atoms with Gasteiger partial charge in [-0.25, -0.2) is 0 Å². The first-order valence-electron chi connectivity index (χ1n) is 10.6. The summed E-state index contributed by atoms with van der Waals surface area (Å²) in [6.07, 6.45) is 4.88. The highest BCUT2D eigenvalue weighted by Crippen LogP contribution is 2.39. The predicted molar refractivity (Wildman–Crippen MR) is 114 cm³/mol. The van der Waals surface area contributed by atoms with Crippen molar-refractivity contribution >= 4 is 17.6 Å². The van der Waals surface area contributed by atoms with Crippen molar-refractivity contribution in [3.63, 3.8) is 0 Å². The number of likely N-dealkylation sites (N-methyl/N-ethyl adjacent to an activating group) is 1. The Morgan fingerprint density at radius 3 is 2.71 bits per heavy atom. The lowest BCUT2D eigenvalue weighted by Crippen LogP contribution is -2.49. The molecule has 2 aliphatic heterocycles. The molecule has 1 saturated heterocycles. The molecule has 7 heteroatoms. The Morgan fingerprint density at radius 2 is 1.94 bits per heavy atom. The van der Waals surface area contributed by atoms with Gasteiger partial charge in [-0.2, -0.15) is 0 Å². The second-order valence-corrected chi connectivity index (χ2v) is 8.44. The summed E-state index contributed by atoms with van der Waals surface area (Å²) in [5.74, 6) is 0.432. The number of Topliss-reactive ketones (excluding diaryl/α,β-unsaturated/α-hetero) is 1. The molecule has 162 valence electrons.